The molecule has 0 heterocycles. The van der Waals surface area contributed by atoms with Crippen molar-refractivity contribution in [3.63, 3.8) is 0 Å². The molecule has 0 aliphatic heterocycles. The van der Waals surface area contributed by atoms with Crippen molar-refractivity contribution in [1.82, 2.24) is 26.6 Å². The minimum absolute atomic E-state index is 0.0247. The molecule has 8 N–H and O–H groups in total. The predicted molar refractivity (Wildman–Crippen MR) is 216 cm³/mol. The normalized spacial score (nSPS) is 18.1. The molecule has 12 nitrogen and oxygen atoms in total. The second kappa shape index (κ2) is 20.4. The molecule has 2 atom stereocenters. The van der Waals surface area contributed by atoms with Gasteiger partial charge >= 0.3 is 6.03 Å². The lowest BCUT2D eigenvalue weighted by Gasteiger charge is -2.41. The summed E-state index contributed by atoms with van der Waals surface area (Å²) in [4.78, 5) is 66.4. The number of hydrogen-bond acceptors (Lipinski definition) is 8. The van der Waals surface area contributed by atoms with Gasteiger partial charge in [-0.3, -0.25) is 24.5 Å². The second-order valence-corrected chi connectivity index (χ2v) is 18.0. The molecular weight excluding hydrogens is 683 g/mol. The van der Waals surface area contributed by atoms with Gasteiger partial charge in [-0.1, -0.05) is 71.4 Å². The lowest BCUT2D eigenvalue weighted by Crippen LogP contribution is -2.62. The fraction of sp³-hybridized carbons (Fsp3) is 0.738. The van der Waals surface area contributed by atoms with Gasteiger partial charge in [0.15, 0.2) is 11.6 Å². The van der Waals surface area contributed by atoms with Gasteiger partial charge in [-0.05, 0) is 95.8 Å². The first-order chi connectivity index (χ1) is 25.3. The van der Waals surface area contributed by atoms with E-state index in [4.69, 9.17) is 5.73 Å². The third-order valence-electron chi connectivity index (χ3n) is 10.8. The van der Waals surface area contributed by atoms with Crippen LogP contribution in [0.4, 0.5) is 10.5 Å². The molecular formula is C42H71N7O5. The van der Waals surface area contributed by atoms with Crippen LogP contribution in [0.5, 0.6) is 0 Å². The van der Waals surface area contributed by atoms with Gasteiger partial charge in [0.05, 0.1) is 29.6 Å². The van der Waals surface area contributed by atoms with Crippen molar-refractivity contribution in [2.24, 2.45) is 11.1 Å². The second-order valence-electron chi connectivity index (χ2n) is 18.0. The molecule has 0 aromatic heterocycles. The molecule has 2 fully saturated rings. The molecule has 0 spiro atoms. The summed E-state index contributed by atoms with van der Waals surface area (Å²) in [5.41, 5.74) is 5.31. The Hall–Kier alpha value is -3.51. The van der Waals surface area contributed by atoms with E-state index in [0.717, 1.165) is 56.2 Å². The van der Waals surface area contributed by atoms with Crippen molar-refractivity contribution < 1.29 is 24.0 Å². The number of primary amides is 1. The summed E-state index contributed by atoms with van der Waals surface area (Å²) < 4.78 is 0. The smallest absolute Gasteiger partial charge is 0.312 e. The first-order valence-electron chi connectivity index (χ1n) is 20.4. The minimum Gasteiger partial charge on any atom is -0.373 e. The van der Waals surface area contributed by atoms with E-state index in [9.17, 15) is 24.0 Å². The van der Waals surface area contributed by atoms with Crippen LogP contribution in [-0.4, -0.2) is 77.7 Å². The van der Waals surface area contributed by atoms with Gasteiger partial charge in [0, 0.05) is 37.3 Å². The number of urea groups is 1. The highest BCUT2D eigenvalue weighted by molar-refractivity contribution is 5.99. The predicted octanol–water partition coefficient (Wildman–Crippen LogP) is 5.43. The summed E-state index contributed by atoms with van der Waals surface area (Å²) >= 11 is 0. The van der Waals surface area contributed by atoms with Gasteiger partial charge in [-0.25, -0.2) is 4.79 Å². The van der Waals surface area contributed by atoms with Crippen molar-refractivity contribution in [1.29, 1.82) is 0 Å². The molecule has 2 saturated carbocycles. The Kier molecular flexibility index (Phi) is 17.0. The summed E-state index contributed by atoms with van der Waals surface area (Å²) in [6, 6.07) is 5.47. The number of nitrogens with two attached hydrogens (primary N) is 1. The Bertz CT molecular complexity index is 1390. The molecule has 54 heavy (non-hydrogen) atoms. The average molecular weight is 754 g/mol. The number of rotatable bonds is 20. The average Bonchev–Trinajstić information content (AvgIpc) is 3.09. The van der Waals surface area contributed by atoms with E-state index in [1.165, 1.54) is 0 Å². The number of Topliss-reactive ketones (excluding diaryl/α,β-unsaturated/α-hetero) is 2. The Labute approximate surface area is 324 Å². The number of anilines is 1. The summed E-state index contributed by atoms with van der Waals surface area (Å²) in [6.45, 7) is 15.9. The van der Waals surface area contributed by atoms with Gasteiger partial charge in [-0.15, -0.1) is 0 Å². The molecule has 0 radical (unpaired) electrons. The summed E-state index contributed by atoms with van der Waals surface area (Å²) in [7, 11) is 0. The first-order valence-corrected chi connectivity index (χ1v) is 20.4. The van der Waals surface area contributed by atoms with Crippen LogP contribution < -0.4 is 37.6 Å². The lowest BCUT2D eigenvalue weighted by molar-refractivity contribution is -0.133. The zero-order valence-corrected chi connectivity index (χ0v) is 34.3. The van der Waals surface area contributed by atoms with Crippen LogP contribution in [0.1, 0.15) is 144 Å². The maximum absolute atomic E-state index is 14.7. The Morgan fingerprint density at radius 1 is 0.778 bits per heavy atom. The molecule has 0 unspecified atom stereocenters. The van der Waals surface area contributed by atoms with Crippen LogP contribution >= 0.6 is 0 Å². The van der Waals surface area contributed by atoms with Gasteiger partial charge in [0.25, 0.3) is 0 Å². The third kappa shape index (κ3) is 15.0. The summed E-state index contributed by atoms with van der Waals surface area (Å²) in [5, 5.41) is 19.1. The van der Waals surface area contributed by atoms with Crippen LogP contribution in [-0.2, 0) is 25.6 Å². The third-order valence-corrected chi connectivity index (χ3v) is 10.8. The summed E-state index contributed by atoms with van der Waals surface area (Å²) in [5.74, 6) is -0.344. The van der Waals surface area contributed by atoms with Gasteiger partial charge in [-0.2, -0.15) is 0 Å². The van der Waals surface area contributed by atoms with E-state index in [-0.39, 0.29) is 47.3 Å². The quantitative estimate of drug-likeness (QED) is 0.0861. The van der Waals surface area contributed by atoms with Crippen molar-refractivity contribution in [2.75, 3.05) is 25.0 Å². The van der Waals surface area contributed by atoms with Gasteiger partial charge < -0.3 is 32.3 Å². The van der Waals surface area contributed by atoms with E-state index >= 15 is 0 Å². The van der Waals surface area contributed by atoms with E-state index < -0.39 is 29.2 Å². The topological polar surface area (TPSA) is 184 Å². The van der Waals surface area contributed by atoms with Crippen molar-refractivity contribution in [3.05, 3.63) is 29.8 Å². The van der Waals surface area contributed by atoms with Crippen molar-refractivity contribution in [3.8, 4) is 0 Å². The molecule has 0 saturated heterocycles. The molecule has 1 aromatic carbocycles. The highest BCUT2D eigenvalue weighted by atomic mass is 16.2. The fourth-order valence-electron chi connectivity index (χ4n) is 7.74. The molecule has 2 aliphatic rings. The molecule has 2 aliphatic carbocycles. The zero-order valence-electron chi connectivity index (χ0n) is 34.3. The fourth-order valence-corrected chi connectivity index (χ4v) is 7.74. The monoisotopic (exact) mass is 754 g/mol. The zero-order chi connectivity index (χ0) is 40.0. The van der Waals surface area contributed by atoms with E-state index in [1.807, 2.05) is 24.3 Å². The Morgan fingerprint density at radius 3 is 1.93 bits per heavy atom. The van der Waals surface area contributed by atoms with Crippen LogP contribution in [0.3, 0.4) is 0 Å². The van der Waals surface area contributed by atoms with E-state index in [0.29, 0.717) is 58.0 Å². The number of carbonyl (C=O) groups excluding carboxylic acids is 5. The van der Waals surface area contributed by atoms with Crippen LogP contribution in [0, 0.1) is 5.41 Å². The maximum Gasteiger partial charge on any atom is 0.312 e. The standard InChI is InChI=1S/C42H71N7O5/c1-30(48-41(21-10-8-11-22-41)34(50)20-27-46-40(5,6)7)37(53)47-33(15-14-26-45-38(43)54)36(52)42(23-12-9-13-24-42)49-32-18-16-31(17-19-32)29-35(51)44-28-25-39(2,3)4/h16-19,30,33,46,48-49H,8-15,20-29H2,1-7H3,(H,44,51)(H,47,53)(H3,43,45,54)/t30-,33-/m0/s1. The summed E-state index contributed by atoms with van der Waals surface area (Å²) in [6.07, 6.45) is 10.5. The number of hydrogen-bond donors (Lipinski definition) is 7. The number of carbonyl (C=O) groups is 5. The van der Waals surface area contributed by atoms with E-state index in [1.54, 1.807) is 6.92 Å². The Morgan fingerprint density at radius 2 is 1.37 bits per heavy atom. The first kappa shape index (κ1) is 44.9. The SMILES string of the molecule is C[C@H](NC1(C(=O)CCNC(C)(C)C)CCCCC1)C(=O)N[C@@H](CCCNC(N)=O)C(=O)C1(Nc2ccc(CC(=O)NCCC(C)(C)C)cc2)CCCCC1. The molecule has 0 bridgehead atoms. The number of benzene rings is 1. The van der Waals surface area contributed by atoms with E-state index in [2.05, 4.69) is 73.4 Å². The Balaban J connectivity index is 1.76. The number of amides is 4. The largest absolute Gasteiger partial charge is 0.373 e. The molecule has 1 aromatic rings. The number of ketones is 2. The highest BCUT2D eigenvalue weighted by Crippen LogP contribution is 2.35. The molecule has 12 heteroatoms. The maximum atomic E-state index is 14.7. The number of nitrogens with one attached hydrogen (secondary N) is 6. The molecule has 3 rings (SSSR count). The van der Waals surface area contributed by atoms with Crippen molar-refractivity contribution >= 4 is 35.1 Å². The van der Waals surface area contributed by atoms with Crippen LogP contribution in [0.25, 0.3) is 0 Å². The van der Waals surface area contributed by atoms with Gasteiger partial charge in [0.2, 0.25) is 11.8 Å². The van der Waals surface area contributed by atoms with Crippen LogP contribution in [0.15, 0.2) is 24.3 Å². The van der Waals surface area contributed by atoms with Crippen molar-refractivity contribution in [2.45, 2.75) is 173 Å². The molecule has 304 valence electrons. The minimum atomic E-state index is -0.906. The van der Waals surface area contributed by atoms with Gasteiger partial charge in [0.1, 0.15) is 0 Å². The molecule has 4 amide bonds. The lowest BCUT2D eigenvalue weighted by atomic mass is 9.75. The highest BCUT2D eigenvalue weighted by Gasteiger charge is 2.45. The van der Waals surface area contributed by atoms with Crippen LogP contribution in [0.2, 0.25) is 0 Å².